The molecule has 1 unspecified atom stereocenters. The van der Waals surface area contributed by atoms with E-state index in [9.17, 15) is 23.2 Å². The normalized spacial score (nSPS) is 13.8. The standard InChI is InChI=1S/C19H12Cl4O5S/c20-11-5-10(6-12(24)7-11)19(29(26,27)28,14-3-1-2-4-15(14)21)18-16(22)8-13(25)9-17(18)23/h1-9,24-25H,(H,26,27,28). The third-order valence-electron chi connectivity index (χ3n) is 4.31. The molecule has 1 atom stereocenters. The molecule has 0 spiro atoms. The Kier molecular flexibility index (Phi) is 5.98. The minimum Gasteiger partial charge on any atom is -0.508 e. The lowest BCUT2D eigenvalue weighted by atomic mass is 9.83. The Bertz CT molecular complexity index is 1170. The zero-order valence-electron chi connectivity index (χ0n) is 14.3. The molecule has 3 N–H and O–H groups in total. The molecule has 0 bridgehead atoms. The Balaban J connectivity index is 2.66. The average Bonchev–Trinajstić information content (AvgIpc) is 2.56. The Morgan fingerprint density at radius 3 is 1.83 bits per heavy atom. The lowest BCUT2D eigenvalue weighted by Crippen LogP contribution is -2.39. The highest BCUT2D eigenvalue weighted by Gasteiger charge is 2.52. The highest BCUT2D eigenvalue weighted by molar-refractivity contribution is 7.87. The molecule has 3 aromatic carbocycles. The number of phenolic OH excluding ortho intramolecular Hbond substituents is 2. The second kappa shape index (κ2) is 7.87. The summed E-state index contributed by atoms with van der Waals surface area (Å²) >= 11 is 25.0. The summed E-state index contributed by atoms with van der Waals surface area (Å²) in [5.41, 5.74) is -0.510. The van der Waals surface area contributed by atoms with Crippen molar-refractivity contribution in [2.75, 3.05) is 0 Å². The largest absolute Gasteiger partial charge is 0.508 e. The van der Waals surface area contributed by atoms with Crippen molar-refractivity contribution in [1.29, 1.82) is 0 Å². The first-order valence-electron chi connectivity index (χ1n) is 7.89. The van der Waals surface area contributed by atoms with Gasteiger partial charge in [-0.15, -0.1) is 0 Å². The fraction of sp³-hybridized carbons (Fsp3) is 0.0526. The van der Waals surface area contributed by atoms with Gasteiger partial charge in [-0.2, -0.15) is 8.42 Å². The molecule has 10 heteroatoms. The van der Waals surface area contributed by atoms with Crippen molar-refractivity contribution < 1.29 is 23.2 Å². The zero-order valence-corrected chi connectivity index (χ0v) is 18.1. The number of phenols is 2. The van der Waals surface area contributed by atoms with Gasteiger partial charge in [0, 0.05) is 21.2 Å². The van der Waals surface area contributed by atoms with E-state index >= 15 is 0 Å². The molecule has 5 nitrogen and oxygen atoms in total. The van der Waals surface area contributed by atoms with E-state index in [4.69, 9.17) is 46.4 Å². The topological polar surface area (TPSA) is 94.8 Å². The Hall–Kier alpha value is -1.67. The van der Waals surface area contributed by atoms with Crippen LogP contribution >= 0.6 is 46.4 Å². The van der Waals surface area contributed by atoms with Crippen LogP contribution in [0.4, 0.5) is 0 Å². The summed E-state index contributed by atoms with van der Waals surface area (Å²) in [7, 11) is -5.10. The number of hydrogen-bond donors (Lipinski definition) is 3. The van der Waals surface area contributed by atoms with Crippen LogP contribution in [0.3, 0.4) is 0 Å². The Morgan fingerprint density at radius 2 is 1.31 bits per heavy atom. The van der Waals surface area contributed by atoms with Gasteiger partial charge in [0.05, 0.1) is 10.0 Å². The van der Waals surface area contributed by atoms with E-state index < -0.39 is 14.9 Å². The van der Waals surface area contributed by atoms with Crippen molar-refractivity contribution in [1.82, 2.24) is 0 Å². The first-order valence-corrected chi connectivity index (χ1v) is 10.8. The molecule has 0 aliphatic carbocycles. The lowest BCUT2D eigenvalue weighted by Gasteiger charge is -2.34. The third-order valence-corrected chi connectivity index (χ3v) is 6.89. The maximum absolute atomic E-state index is 13.0. The molecule has 3 aromatic rings. The predicted octanol–water partition coefficient (Wildman–Crippen LogP) is 5.89. The van der Waals surface area contributed by atoms with Crippen molar-refractivity contribution in [3.63, 3.8) is 0 Å². The maximum Gasteiger partial charge on any atom is 0.283 e. The van der Waals surface area contributed by atoms with Crippen LogP contribution in [0, 0.1) is 0 Å². The van der Waals surface area contributed by atoms with Crippen LogP contribution in [0.25, 0.3) is 0 Å². The molecule has 0 heterocycles. The summed E-state index contributed by atoms with van der Waals surface area (Å²) < 4.78 is 34.1. The SMILES string of the molecule is O=S(=O)(O)C(c1cc(O)cc(Cl)c1)(c1ccccc1Cl)c1c(Cl)cc(O)cc1Cl. The molecule has 0 aromatic heterocycles. The fourth-order valence-corrected chi connectivity index (χ4v) is 6.05. The van der Waals surface area contributed by atoms with Gasteiger partial charge in [-0.05, 0) is 42.0 Å². The molecule has 0 saturated heterocycles. The van der Waals surface area contributed by atoms with Crippen molar-refractivity contribution >= 4 is 56.5 Å². The van der Waals surface area contributed by atoms with Gasteiger partial charge in [-0.3, -0.25) is 4.55 Å². The second-order valence-corrected chi connectivity index (χ2v) is 9.34. The monoisotopic (exact) mass is 492 g/mol. The zero-order chi connectivity index (χ0) is 21.6. The summed E-state index contributed by atoms with van der Waals surface area (Å²) in [4.78, 5) is 0. The second-order valence-electron chi connectivity index (χ2n) is 6.12. The summed E-state index contributed by atoms with van der Waals surface area (Å²) in [5.74, 6) is -0.681. The van der Waals surface area contributed by atoms with Crippen molar-refractivity contribution in [3.8, 4) is 11.5 Å². The minimum absolute atomic E-state index is 0.00824. The van der Waals surface area contributed by atoms with Crippen molar-refractivity contribution in [3.05, 3.63) is 91.4 Å². The summed E-state index contributed by atoms with van der Waals surface area (Å²) in [6.45, 7) is 0. The van der Waals surface area contributed by atoms with Crippen LogP contribution in [-0.2, 0) is 14.9 Å². The molecule has 29 heavy (non-hydrogen) atoms. The lowest BCUT2D eigenvalue weighted by molar-refractivity contribution is 0.455. The number of hydrogen-bond acceptors (Lipinski definition) is 4. The van der Waals surface area contributed by atoms with Crippen LogP contribution < -0.4 is 0 Å². The first kappa shape index (κ1) is 22.0. The first-order chi connectivity index (χ1) is 13.5. The van der Waals surface area contributed by atoms with E-state index in [0.29, 0.717) is 0 Å². The quantitative estimate of drug-likeness (QED) is 0.311. The number of aromatic hydroxyl groups is 2. The highest BCUT2D eigenvalue weighted by atomic mass is 35.5. The number of rotatable bonds is 4. The molecule has 3 rings (SSSR count). The predicted molar refractivity (Wildman–Crippen MR) is 114 cm³/mol. The van der Waals surface area contributed by atoms with E-state index in [1.165, 1.54) is 30.3 Å². The summed E-state index contributed by atoms with van der Waals surface area (Å²) in [6, 6.07) is 11.5. The molecule has 0 amide bonds. The van der Waals surface area contributed by atoms with E-state index in [1.807, 2.05) is 0 Å². The third kappa shape index (κ3) is 3.77. The molecular formula is C19H12Cl4O5S. The molecule has 152 valence electrons. The maximum atomic E-state index is 13.0. The van der Waals surface area contributed by atoms with Gasteiger partial charge in [-0.25, -0.2) is 0 Å². The van der Waals surface area contributed by atoms with Crippen LogP contribution in [0.5, 0.6) is 11.5 Å². The smallest absolute Gasteiger partial charge is 0.283 e. The molecule has 0 fully saturated rings. The van der Waals surface area contributed by atoms with Crippen LogP contribution in [-0.4, -0.2) is 23.2 Å². The molecule has 0 aliphatic rings. The van der Waals surface area contributed by atoms with E-state index in [-0.39, 0.29) is 48.3 Å². The highest BCUT2D eigenvalue weighted by Crippen LogP contribution is 2.52. The van der Waals surface area contributed by atoms with E-state index in [1.54, 1.807) is 6.07 Å². The summed E-state index contributed by atoms with van der Waals surface area (Å²) in [6.07, 6.45) is 0. The van der Waals surface area contributed by atoms with Gasteiger partial charge in [0.1, 0.15) is 11.5 Å². The fourth-order valence-electron chi connectivity index (χ4n) is 3.27. The van der Waals surface area contributed by atoms with Gasteiger partial charge in [0.2, 0.25) is 0 Å². The van der Waals surface area contributed by atoms with Crippen LogP contribution in [0.15, 0.2) is 54.6 Å². The van der Waals surface area contributed by atoms with Crippen molar-refractivity contribution in [2.45, 2.75) is 4.75 Å². The summed E-state index contributed by atoms with van der Waals surface area (Å²) in [5, 5.41) is 19.3. The molecule has 0 aliphatic heterocycles. The minimum atomic E-state index is -5.10. The van der Waals surface area contributed by atoms with Crippen LogP contribution in [0.2, 0.25) is 20.1 Å². The average molecular weight is 494 g/mol. The Morgan fingerprint density at radius 1 is 0.759 bits per heavy atom. The van der Waals surface area contributed by atoms with E-state index in [2.05, 4.69) is 0 Å². The van der Waals surface area contributed by atoms with E-state index in [0.717, 1.165) is 18.2 Å². The molecular weight excluding hydrogens is 482 g/mol. The van der Waals surface area contributed by atoms with Crippen LogP contribution in [0.1, 0.15) is 16.7 Å². The van der Waals surface area contributed by atoms with Gasteiger partial charge in [0.15, 0.2) is 4.75 Å². The van der Waals surface area contributed by atoms with Gasteiger partial charge < -0.3 is 10.2 Å². The molecule has 0 saturated carbocycles. The number of halogens is 4. The van der Waals surface area contributed by atoms with Gasteiger partial charge in [-0.1, -0.05) is 64.6 Å². The number of benzene rings is 3. The van der Waals surface area contributed by atoms with Gasteiger partial charge in [0.25, 0.3) is 10.1 Å². The Labute approximate surface area is 186 Å². The van der Waals surface area contributed by atoms with Crippen molar-refractivity contribution in [2.24, 2.45) is 0 Å². The van der Waals surface area contributed by atoms with Gasteiger partial charge >= 0.3 is 0 Å². The molecule has 0 radical (unpaired) electrons.